The van der Waals surface area contributed by atoms with E-state index >= 15 is 0 Å². The first-order valence-corrected chi connectivity index (χ1v) is 6.58. The van der Waals surface area contributed by atoms with Gasteiger partial charge in [-0.05, 0) is 18.1 Å². The van der Waals surface area contributed by atoms with Crippen molar-refractivity contribution in [2.24, 2.45) is 0 Å². The monoisotopic (exact) mass is 265 g/mol. The van der Waals surface area contributed by atoms with E-state index in [9.17, 15) is 4.79 Å². The van der Waals surface area contributed by atoms with E-state index in [0.29, 0.717) is 12.1 Å². The largest absolute Gasteiger partial charge is 0.359 e. The number of fused-ring (bicyclic) bond motifs is 1. The van der Waals surface area contributed by atoms with Crippen LogP contribution < -0.4 is 5.32 Å². The van der Waals surface area contributed by atoms with E-state index in [4.69, 9.17) is 0 Å². The molecule has 1 aromatic carbocycles. The second-order valence-electron chi connectivity index (χ2n) is 4.62. The van der Waals surface area contributed by atoms with Crippen molar-refractivity contribution in [3.63, 3.8) is 0 Å². The van der Waals surface area contributed by atoms with Gasteiger partial charge in [0.2, 0.25) is 0 Å². The molecular formula is C16H15N3O. The van der Waals surface area contributed by atoms with E-state index in [2.05, 4.69) is 27.4 Å². The predicted octanol–water partition coefficient (Wildman–Crippen LogP) is 2.54. The summed E-state index contributed by atoms with van der Waals surface area (Å²) < 4.78 is 0. The van der Waals surface area contributed by atoms with Crippen LogP contribution in [-0.2, 0) is 6.42 Å². The van der Waals surface area contributed by atoms with Crippen molar-refractivity contribution < 1.29 is 4.79 Å². The van der Waals surface area contributed by atoms with E-state index < -0.39 is 0 Å². The van der Waals surface area contributed by atoms with Gasteiger partial charge in [-0.1, -0.05) is 30.3 Å². The molecular weight excluding hydrogens is 250 g/mol. The second-order valence-corrected chi connectivity index (χ2v) is 4.62. The van der Waals surface area contributed by atoms with Crippen LogP contribution in [-0.4, -0.2) is 22.4 Å². The lowest BCUT2D eigenvalue weighted by molar-refractivity contribution is 0.0956. The molecule has 100 valence electrons. The number of nitrogens with one attached hydrogen (secondary N) is 2. The summed E-state index contributed by atoms with van der Waals surface area (Å²) in [6, 6.07) is 12.0. The molecule has 20 heavy (non-hydrogen) atoms. The molecule has 2 aromatic heterocycles. The molecule has 0 aliphatic rings. The Bertz CT molecular complexity index is 719. The van der Waals surface area contributed by atoms with Crippen molar-refractivity contribution >= 4 is 16.8 Å². The van der Waals surface area contributed by atoms with Gasteiger partial charge in [-0.25, -0.2) is 0 Å². The molecule has 0 aliphatic heterocycles. The van der Waals surface area contributed by atoms with Crippen molar-refractivity contribution in [1.29, 1.82) is 0 Å². The molecule has 0 saturated heterocycles. The SMILES string of the molecule is O=C(NCCc1ccccc1)c1c[nH]c2cnccc12. The van der Waals surface area contributed by atoms with Gasteiger partial charge in [0.15, 0.2) is 0 Å². The van der Waals surface area contributed by atoms with E-state index in [0.717, 1.165) is 17.3 Å². The molecule has 0 aliphatic carbocycles. The van der Waals surface area contributed by atoms with Gasteiger partial charge in [0, 0.05) is 24.3 Å². The maximum atomic E-state index is 12.2. The van der Waals surface area contributed by atoms with Crippen LogP contribution in [0.15, 0.2) is 55.0 Å². The molecule has 0 atom stereocenters. The Kier molecular flexibility index (Phi) is 3.46. The Labute approximate surface area is 116 Å². The third-order valence-electron chi connectivity index (χ3n) is 3.27. The number of nitrogens with zero attached hydrogens (tertiary/aromatic N) is 1. The number of amides is 1. The number of hydrogen-bond donors (Lipinski definition) is 2. The highest BCUT2D eigenvalue weighted by Gasteiger charge is 2.10. The number of carbonyl (C=O) groups is 1. The van der Waals surface area contributed by atoms with Crippen LogP contribution in [0.4, 0.5) is 0 Å². The molecule has 0 unspecified atom stereocenters. The first-order chi connectivity index (χ1) is 9.84. The fourth-order valence-electron chi connectivity index (χ4n) is 2.22. The molecule has 4 nitrogen and oxygen atoms in total. The Morgan fingerprint density at radius 2 is 2.05 bits per heavy atom. The van der Waals surface area contributed by atoms with E-state index in [1.807, 2.05) is 24.3 Å². The van der Waals surface area contributed by atoms with Gasteiger partial charge in [-0.2, -0.15) is 0 Å². The van der Waals surface area contributed by atoms with Crippen molar-refractivity contribution in [3.8, 4) is 0 Å². The fourth-order valence-corrected chi connectivity index (χ4v) is 2.22. The Morgan fingerprint density at radius 3 is 2.90 bits per heavy atom. The molecule has 0 radical (unpaired) electrons. The van der Waals surface area contributed by atoms with Crippen LogP contribution in [0, 0.1) is 0 Å². The van der Waals surface area contributed by atoms with E-state index in [1.54, 1.807) is 18.6 Å². The van der Waals surface area contributed by atoms with Crippen molar-refractivity contribution in [3.05, 3.63) is 66.1 Å². The molecule has 0 saturated carbocycles. The van der Waals surface area contributed by atoms with Crippen molar-refractivity contribution in [2.45, 2.75) is 6.42 Å². The van der Waals surface area contributed by atoms with Gasteiger partial charge in [-0.3, -0.25) is 9.78 Å². The molecule has 0 fully saturated rings. The summed E-state index contributed by atoms with van der Waals surface area (Å²) in [4.78, 5) is 19.2. The average molecular weight is 265 g/mol. The quantitative estimate of drug-likeness (QED) is 0.761. The lowest BCUT2D eigenvalue weighted by Crippen LogP contribution is -2.25. The number of rotatable bonds is 4. The van der Waals surface area contributed by atoms with Crippen molar-refractivity contribution in [1.82, 2.24) is 15.3 Å². The van der Waals surface area contributed by atoms with E-state index in [-0.39, 0.29) is 5.91 Å². The zero-order valence-corrected chi connectivity index (χ0v) is 11.0. The summed E-state index contributed by atoms with van der Waals surface area (Å²) in [6.07, 6.45) is 5.97. The topological polar surface area (TPSA) is 57.8 Å². The predicted molar refractivity (Wildman–Crippen MR) is 78.6 cm³/mol. The van der Waals surface area contributed by atoms with Crippen LogP contribution in [0.2, 0.25) is 0 Å². The van der Waals surface area contributed by atoms with Crippen LogP contribution in [0.5, 0.6) is 0 Å². The first-order valence-electron chi connectivity index (χ1n) is 6.58. The van der Waals surface area contributed by atoms with Crippen LogP contribution in [0.1, 0.15) is 15.9 Å². The number of benzene rings is 1. The summed E-state index contributed by atoms with van der Waals surface area (Å²) in [5, 5.41) is 3.85. The average Bonchev–Trinajstić information content (AvgIpc) is 2.92. The Balaban J connectivity index is 1.65. The molecule has 0 bridgehead atoms. The molecule has 2 heterocycles. The fraction of sp³-hybridized carbons (Fsp3) is 0.125. The number of aromatic amines is 1. The summed E-state index contributed by atoms with van der Waals surface area (Å²) in [6.45, 7) is 0.626. The third-order valence-corrected chi connectivity index (χ3v) is 3.27. The normalized spacial score (nSPS) is 10.6. The maximum absolute atomic E-state index is 12.2. The number of hydrogen-bond acceptors (Lipinski definition) is 2. The summed E-state index contributed by atoms with van der Waals surface area (Å²) >= 11 is 0. The molecule has 1 amide bonds. The van der Waals surface area contributed by atoms with Gasteiger partial charge in [0.25, 0.3) is 5.91 Å². The first kappa shape index (κ1) is 12.4. The highest BCUT2D eigenvalue weighted by atomic mass is 16.1. The van der Waals surface area contributed by atoms with Gasteiger partial charge in [0.05, 0.1) is 17.3 Å². The second kappa shape index (κ2) is 5.57. The lowest BCUT2D eigenvalue weighted by atomic mass is 10.1. The highest BCUT2D eigenvalue weighted by molar-refractivity contribution is 6.06. The zero-order valence-electron chi connectivity index (χ0n) is 11.0. The number of pyridine rings is 1. The smallest absolute Gasteiger partial charge is 0.253 e. The van der Waals surface area contributed by atoms with Crippen molar-refractivity contribution in [2.75, 3.05) is 6.54 Å². The maximum Gasteiger partial charge on any atom is 0.253 e. The minimum Gasteiger partial charge on any atom is -0.359 e. The van der Waals surface area contributed by atoms with Gasteiger partial charge in [-0.15, -0.1) is 0 Å². The zero-order chi connectivity index (χ0) is 13.8. The van der Waals surface area contributed by atoms with Gasteiger partial charge < -0.3 is 10.3 Å². The van der Waals surface area contributed by atoms with E-state index in [1.165, 1.54) is 5.56 Å². The number of aromatic nitrogens is 2. The minimum absolute atomic E-state index is 0.0571. The molecule has 4 heteroatoms. The summed E-state index contributed by atoms with van der Waals surface area (Å²) in [5.41, 5.74) is 2.76. The highest BCUT2D eigenvalue weighted by Crippen LogP contribution is 2.16. The molecule has 0 spiro atoms. The van der Waals surface area contributed by atoms with Crippen LogP contribution >= 0.6 is 0 Å². The van der Waals surface area contributed by atoms with Crippen LogP contribution in [0.25, 0.3) is 10.9 Å². The Hall–Kier alpha value is -2.62. The summed E-state index contributed by atoms with van der Waals surface area (Å²) in [7, 11) is 0. The number of H-pyrrole nitrogens is 1. The standard InChI is InChI=1S/C16H15N3O/c20-16(18-9-6-12-4-2-1-3-5-12)14-10-19-15-11-17-8-7-13(14)15/h1-5,7-8,10-11,19H,6,9H2,(H,18,20). The third kappa shape index (κ3) is 2.54. The van der Waals surface area contributed by atoms with Gasteiger partial charge >= 0.3 is 0 Å². The van der Waals surface area contributed by atoms with Gasteiger partial charge in [0.1, 0.15) is 0 Å². The summed E-state index contributed by atoms with van der Waals surface area (Å²) in [5.74, 6) is -0.0571. The van der Waals surface area contributed by atoms with Crippen LogP contribution in [0.3, 0.4) is 0 Å². The number of carbonyl (C=O) groups excluding carboxylic acids is 1. The lowest BCUT2D eigenvalue weighted by Gasteiger charge is -2.04. The molecule has 3 aromatic rings. The minimum atomic E-state index is -0.0571. The molecule has 2 N–H and O–H groups in total. The molecule has 3 rings (SSSR count). The Morgan fingerprint density at radius 1 is 1.20 bits per heavy atom.